The summed E-state index contributed by atoms with van der Waals surface area (Å²) in [6.07, 6.45) is 2.17. The van der Waals surface area contributed by atoms with Crippen molar-refractivity contribution in [3.63, 3.8) is 0 Å². The van der Waals surface area contributed by atoms with E-state index in [4.69, 9.17) is 14.2 Å². The van der Waals surface area contributed by atoms with Crippen LogP contribution in [0.5, 0.6) is 11.5 Å². The smallest absolute Gasteiger partial charge is 0.339 e. The van der Waals surface area contributed by atoms with Gasteiger partial charge >= 0.3 is 5.97 Å². The van der Waals surface area contributed by atoms with Crippen LogP contribution in [-0.4, -0.2) is 54.6 Å². The second-order valence-electron chi connectivity index (χ2n) is 6.57. The van der Waals surface area contributed by atoms with Crippen molar-refractivity contribution in [1.82, 2.24) is 4.90 Å². The third-order valence-corrected chi connectivity index (χ3v) is 5.79. The molecule has 0 N–H and O–H groups in total. The zero-order chi connectivity index (χ0) is 21.0. The average Bonchev–Trinajstić information content (AvgIpc) is 2.75. The molecule has 1 aliphatic heterocycles. The van der Waals surface area contributed by atoms with Crippen LogP contribution < -0.4 is 9.47 Å². The molecule has 0 radical (unpaired) electrons. The number of hydrogen-bond acceptors (Lipinski definition) is 6. The molecule has 1 heterocycles. The Labute approximate surface area is 172 Å². The molecule has 0 bridgehead atoms. The van der Waals surface area contributed by atoms with Crippen molar-refractivity contribution in [2.24, 2.45) is 0 Å². The molecule has 154 valence electrons. The first-order valence-electron chi connectivity index (χ1n) is 9.05. The summed E-state index contributed by atoms with van der Waals surface area (Å²) >= 11 is 0. The second-order valence-corrected chi connectivity index (χ2v) is 7.92. The molecule has 3 rings (SSSR count). The Morgan fingerprint density at radius 1 is 1.07 bits per heavy atom. The fourth-order valence-corrected chi connectivity index (χ4v) is 4.01. The summed E-state index contributed by atoms with van der Waals surface area (Å²) in [5.41, 5.74) is 2.28. The molecule has 2 aromatic rings. The Bertz CT molecular complexity index is 958. The lowest BCUT2D eigenvalue weighted by Gasteiger charge is -2.29. The Morgan fingerprint density at radius 2 is 1.72 bits per heavy atom. The lowest BCUT2D eigenvalue weighted by molar-refractivity contribution is -0.135. The number of hydrogen-bond donors (Lipinski definition) is 0. The molecule has 0 unspecified atom stereocenters. The van der Waals surface area contributed by atoms with Crippen LogP contribution in [0.25, 0.3) is 0 Å². The molecule has 1 aliphatic rings. The summed E-state index contributed by atoms with van der Waals surface area (Å²) < 4.78 is 27.6. The number of fused-ring (bicyclic) bond motifs is 1. The number of benzene rings is 2. The van der Waals surface area contributed by atoms with Crippen molar-refractivity contribution < 1.29 is 28.0 Å². The number of carbonyl (C=O) groups is 2. The molecule has 8 heteroatoms. The minimum atomic E-state index is -1.33. The summed E-state index contributed by atoms with van der Waals surface area (Å²) in [5, 5.41) is 0. The molecule has 0 fully saturated rings. The highest BCUT2D eigenvalue weighted by molar-refractivity contribution is 7.84. The van der Waals surface area contributed by atoms with E-state index in [1.165, 1.54) is 6.26 Å². The van der Waals surface area contributed by atoms with Gasteiger partial charge in [0, 0.05) is 19.3 Å². The van der Waals surface area contributed by atoms with Crippen molar-refractivity contribution >= 4 is 22.7 Å². The molecule has 0 aliphatic carbocycles. The second kappa shape index (κ2) is 9.09. The predicted octanol–water partition coefficient (Wildman–Crippen LogP) is 2.18. The number of ether oxygens (including phenoxy) is 3. The summed E-state index contributed by atoms with van der Waals surface area (Å²) in [4.78, 5) is 27.0. The van der Waals surface area contributed by atoms with Gasteiger partial charge in [-0.1, -0.05) is 12.1 Å². The third-order valence-electron chi connectivity index (χ3n) is 4.81. The fraction of sp³-hybridized carbons (Fsp3) is 0.333. The standard InChI is InChI=1S/C21H23NO6S/c1-26-17-10-14-8-9-22(12-15(14)11-18(17)27-2)20(23)13-28-21(24)16-6-4-5-7-19(16)29(3)25/h4-7,10-11H,8-9,12-13H2,1-3H3/t29-/m1/s1. The zero-order valence-corrected chi connectivity index (χ0v) is 17.4. The largest absolute Gasteiger partial charge is 0.493 e. The highest BCUT2D eigenvalue weighted by Crippen LogP contribution is 2.33. The van der Waals surface area contributed by atoms with E-state index in [1.54, 1.807) is 43.4 Å². The van der Waals surface area contributed by atoms with Crippen LogP contribution in [0, 0.1) is 0 Å². The lowest BCUT2D eigenvalue weighted by Crippen LogP contribution is -2.38. The van der Waals surface area contributed by atoms with Gasteiger partial charge in [0.1, 0.15) is 0 Å². The Kier molecular flexibility index (Phi) is 6.53. The summed E-state index contributed by atoms with van der Waals surface area (Å²) in [6.45, 7) is 0.558. The number of nitrogens with zero attached hydrogens (tertiary/aromatic N) is 1. The van der Waals surface area contributed by atoms with Gasteiger partial charge in [0.05, 0.1) is 35.5 Å². The number of carbonyl (C=O) groups excluding carboxylic acids is 2. The van der Waals surface area contributed by atoms with Gasteiger partial charge in [-0.05, 0) is 41.8 Å². The SMILES string of the molecule is COc1cc2c(cc1OC)CN(C(=O)COC(=O)c1ccccc1[S@@](C)=O)CC2. The van der Waals surface area contributed by atoms with Crippen LogP contribution in [0.2, 0.25) is 0 Å². The zero-order valence-electron chi connectivity index (χ0n) is 16.6. The van der Waals surface area contributed by atoms with Crippen molar-refractivity contribution in [3.8, 4) is 11.5 Å². The number of rotatable bonds is 6. The van der Waals surface area contributed by atoms with E-state index >= 15 is 0 Å². The lowest BCUT2D eigenvalue weighted by atomic mass is 9.99. The monoisotopic (exact) mass is 417 g/mol. The molecule has 2 aromatic carbocycles. The van der Waals surface area contributed by atoms with Crippen molar-refractivity contribution in [2.45, 2.75) is 17.9 Å². The highest BCUT2D eigenvalue weighted by Gasteiger charge is 2.24. The van der Waals surface area contributed by atoms with E-state index in [2.05, 4.69) is 0 Å². The van der Waals surface area contributed by atoms with Crippen molar-refractivity contribution in [3.05, 3.63) is 53.1 Å². The Morgan fingerprint density at radius 3 is 2.38 bits per heavy atom. The van der Waals surface area contributed by atoms with Gasteiger partial charge in [-0.2, -0.15) is 0 Å². The maximum absolute atomic E-state index is 12.6. The van der Waals surface area contributed by atoms with E-state index in [-0.39, 0.29) is 18.1 Å². The summed E-state index contributed by atoms with van der Waals surface area (Å²) in [7, 11) is 1.82. The first-order chi connectivity index (χ1) is 13.9. The van der Waals surface area contributed by atoms with Crippen LogP contribution in [0.1, 0.15) is 21.5 Å². The van der Waals surface area contributed by atoms with Gasteiger partial charge < -0.3 is 19.1 Å². The van der Waals surface area contributed by atoms with Crippen LogP contribution in [0.15, 0.2) is 41.3 Å². The van der Waals surface area contributed by atoms with Gasteiger partial charge in [-0.3, -0.25) is 9.00 Å². The molecule has 1 atom stereocenters. The minimum absolute atomic E-state index is 0.210. The molecular weight excluding hydrogens is 394 g/mol. The predicted molar refractivity (Wildman–Crippen MR) is 108 cm³/mol. The average molecular weight is 417 g/mol. The molecule has 7 nitrogen and oxygen atoms in total. The molecule has 0 saturated heterocycles. The topological polar surface area (TPSA) is 82.1 Å². The summed E-state index contributed by atoms with van der Waals surface area (Å²) in [6, 6.07) is 10.3. The van der Waals surface area contributed by atoms with E-state index < -0.39 is 16.8 Å². The number of methoxy groups -OCH3 is 2. The minimum Gasteiger partial charge on any atom is -0.493 e. The van der Waals surface area contributed by atoms with Gasteiger partial charge in [0.15, 0.2) is 18.1 Å². The van der Waals surface area contributed by atoms with E-state index in [0.717, 1.165) is 11.1 Å². The normalized spacial score (nSPS) is 14.0. The van der Waals surface area contributed by atoms with E-state index in [0.29, 0.717) is 35.9 Å². The Balaban J connectivity index is 1.66. The van der Waals surface area contributed by atoms with Crippen LogP contribution in [0.3, 0.4) is 0 Å². The first-order valence-corrected chi connectivity index (χ1v) is 10.6. The number of esters is 1. The maximum atomic E-state index is 12.6. The quantitative estimate of drug-likeness (QED) is 0.670. The first kappa shape index (κ1) is 20.9. The van der Waals surface area contributed by atoms with Crippen molar-refractivity contribution in [2.75, 3.05) is 33.6 Å². The molecule has 29 heavy (non-hydrogen) atoms. The molecule has 0 spiro atoms. The van der Waals surface area contributed by atoms with Crippen LogP contribution in [-0.2, 0) is 33.3 Å². The van der Waals surface area contributed by atoms with Gasteiger partial charge in [0.25, 0.3) is 5.91 Å². The highest BCUT2D eigenvalue weighted by atomic mass is 32.2. The van der Waals surface area contributed by atoms with Gasteiger partial charge in [-0.25, -0.2) is 4.79 Å². The van der Waals surface area contributed by atoms with Crippen LogP contribution >= 0.6 is 0 Å². The van der Waals surface area contributed by atoms with Crippen LogP contribution in [0.4, 0.5) is 0 Å². The van der Waals surface area contributed by atoms with E-state index in [9.17, 15) is 13.8 Å². The molecular formula is C21H23NO6S. The van der Waals surface area contributed by atoms with Crippen molar-refractivity contribution in [1.29, 1.82) is 0 Å². The fourth-order valence-electron chi connectivity index (χ4n) is 3.28. The third kappa shape index (κ3) is 4.59. The molecule has 1 amide bonds. The Hall–Kier alpha value is -2.87. The molecule has 0 aromatic heterocycles. The van der Waals surface area contributed by atoms with Gasteiger partial charge in [0.2, 0.25) is 0 Å². The van der Waals surface area contributed by atoms with Gasteiger partial charge in [-0.15, -0.1) is 0 Å². The van der Waals surface area contributed by atoms with E-state index in [1.807, 2.05) is 12.1 Å². The maximum Gasteiger partial charge on any atom is 0.339 e. The summed E-state index contributed by atoms with van der Waals surface area (Å²) in [5.74, 6) is 0.324. The number of amides is 1. The molecule has 0 saturated carbocycles.